The summed E-state index contributed by atoms with van der Waals surface area (Å²) in [6.07, 6.45) is 11.8. The van der Waals surface area contributed by atoms with Gasteiger partial charge in [-0.05, 0) is 31.2 Å². The van der Waals surface area contributed by atoms with E-state index in [1.54, 1.807) is 0 Å². The summed E-state index contributed by atoms with van der Waals surface area (Å²) in [7, 11) is 2.12. The number of hydrogen-bond donors (Lipinski definition) is 0. The van der Waals surface area contributed by atoms with Crippen molar-refractivity contribution in [2.75, 3.05) is 0 Å². The summed E-state index contributed by atoms with van der Waals surface area (Å²) in [5, 5.41) is 0. The highest BCUT2D eigenvalue weighted by Gasteiger charge is 2.26. The molecule has 4 nitrogen and oxygen atoms in total. The maximum Gasteiger partial charge on any atom is 0.253 e. The predicted octanol–water partition coefficient (Wildman–Crippen LogP) is 4.90. The summed E-state index contributed by atoms with van der Waals surface area (Å²) in [4.78, 5) is 4.50. The van der Waals surface area contributed by atoms with Gasteiger partial charge in [0.05, 0.1) is 7.05 Å². The van der Waals surface area contributed by atoms with E-state index in [0.717, 1.165) is 25.1 Å². The fourth-order valence-electron chi connectivity index (χ4n) is 4.17. The van der Waals surface area contributed by atoms with Crippen molar-refractivity contribution in [2.45, 2.75) is 65.0 Å². The summed E-state index contributed by atoms with van der Waals surface area (Å²) >= 11 is 0. The van der Waals surface area contributed by atoms with Crippen molar-refractivity contribution in [3.63, 3.8) is 0 Å². The van der Waals surface area contributed by atoms with E-state index in [9.17, 15) is 0 Å². The fraction of sp³-hybridized carbons (Fsp3) is 0.478. The number of aromatic nitrogens is 4. The van der Waals surface area contributed by atoms with Crippen molar-refractivity contribution in [2.24, 2.45) is 7.05 Å². The molecule has 3 unspecified atom stereocenters. The lowest BCUT2D eigenvalue weighted by Crippen LogP contribution is -2.31. The molecule has 144 valence electrons. The molecule has 0 saturated heterocycles. The number of nitrogens with zero attached hydrogens (tertiary/aromatic N) is 4. The summed E-state index contributed by atoms with van der Waals surface area (Å²) in [5.41, 5.74) is 1.41. The van der Waals surface area contributed by atoms with E-state index in [1.807, 2.05) is 6.20 Å². The summed E-state index contributed by atoms with van der Waals surface area (Å²) in [5.74, 6) is 2.92. The van der Waals surface area contributed by atoms with Crippen LogP contribution in [0.3, 0.4) is 0 Å². The highest BCUT2D eigenvalue weighted by Crippen LogP contribution is 2.34. The van der Waals surface area contributed by atoms with Gasteiger partial charge in [0.25, 0.3) is 5.82 Å². The average Bonchev–Trinajstić information content (AvgIpc) is 3.25. The van der Waals surface area contributed by atoms with Gasteiger partial charge in [0.1, 0.15) is 24.3 Å². The molecule has 2 heterocycles. The van der Waals surface area contributed by atoms with Crippen LogP contribution in [0.2, 0.25) is 0 Å². The Kier molecular flexibility index (Phi) is 6.15. The highest BCUT2D eigenvalue weighted by molar-refractivity contribution is 5.19. The molecule has 1 aromatic carbocycles. The molecule has 0 bridgehead atoms. The SMILES string of the molecule is CCC(CC(CC(C)c1ccccc1)n1ccnc1C)n1cc[n+](C)c1C. The molecular weight excluding hydrogens is 332 g/mol. The van der Waals surface area contributed by atoms with Crippen LogP contribution in [0, 0.1) is 13.8 Å². The molecule has 27 heavy (non-hydrogen) atoms. The summed E-state index contributed by atoms with van der Waals surface area (Å²) in [6.45, 7) is 8.95. The lowest BCUT2D eigenvalue weighted by Gasteiger charge is -2.27. The van der Waals surface area contributed by atoms with Gasteiger partial charge in [-0.3, -0.25) is 0 Å². The number of hydrogen-bond acceptors (Lipinski definition) is 1. The first-order valence-corrected chi connectivity index (χ1v) is 10.1. The van der Waals surface area contributed by atoms with Gasteiger partial charge in [0.2, 0.25) is 0 Å². The van der Waals surface area contributed by atoms with Gasteiger partial charge in [-0.1, -0.05) is 44.2 Å². The van der Waals surface area contributed by atoms with Crippen molar-refractivity contribution in [3.05, 3.63) is 72.3 Å². The topological polar surface area (TPSA) is 26.6 Å². The average molecular weight is 366 g/mol. The molecule has 0 aliphatic rings. The Hall–Kier alpha value is -2.36. The van der Waals surface area contributed by atoms with E-state index in [1.165, 1.54) is 11.4 Å². The molecule has 4 heteroatoms. The first-order chi connectivity index (χ1) is 13.0. The van der Waals surface area contributed by atoms with E-state index in [4.69, 9.17) is 0 Å². The molecule has 3 atom stereocenters. The number of aryl methyl sites for hydroxylation is 2. The molecule has 0 amide bonds. The summed E-state index contributed by atoms with van der Waals surface area (Å²) in [6, 6.07) is 11.8. The van der Waals surface area contributed by atoms with E-state index in [2.05, 4.69) is 102 Å². The van der Waals surface area contributed by atoms with Gasteiger partial charge in [-0.2, -0.15) is 0 Å². The van der Waals surface area contributed by atoms with Crippen LogP contribution in [0.1, 0.15) is 68.3 Å². The molecular formula is C23H33N4+. The Balaban J connectivity index is 1.86. The zero-order valence-corrected chi connectivity index (χ0v) is 17.3. The van der Waals surface area contributed by atoms with Gasteiger partial charge < -0.3 is 4.57 Å². The molecule has 0 saturated carbocycles. The van der Waals surface area contributed by atoms with Crippen LogP contribution in [-0.4, -0.2) is 14.1 Å². The molecule has 0 fully saturated rings. The fourth-order valence-corrected chi connectivity index (χ4v) is 4.17. The van der Waals surface area contributed by atoms with Gasteiger partial charge in [-0.15, -0.1) is 0 Å². The van der Waals surface area contributed by atoms with Crippen LogP contribution in [0.15, 0.2) is 55.1 Å². The Morgan fingerprint density at radius 2 is 1.74 bits per heavy atom. The normalized spacial score (nSPS) is 14.9. The monoisotopic (exact) mass is 365 g/mol. The molecule has 0 aliphatic carbocycles. The van der Waals surface area contributed by atoms with Gasteiger partial charge in [0.15, 0.2) is 0 Å². The van der Waals surface area contributed by atoms with Gasteiger partial charge in [0, 0.05) is 31.8 Å². The van der Waals surface area contributed by atoms with Crippen LogP contribution in [0.5, 0.6) is 0 Å². The second-order valence-electron chi connectivity index (χ2n) is 7.74. The predicted molar refractivity (Wildman–Crippen MR) is 110 cm³/mol. The molecule has 3 rings (SSSR count). The first-order valence-electron chi connectivity index (χ1n) is 10.1. The maximum atomic E-state index is 4.50. The Morgan fingerprint density at radius 1 is 1.00 bits per heavy atom. The lowest BCUT2D eigenvalue weighted by molar-refractivity contribution is -0.677. The molecule has 3 aromatic rings. The third kappa shape index (κ3) is 4.32. The van der Waals surface area contributed by atoms with Crippen LogP contribution in [-0.2, 0) is 7.05 Å². The van der Waals surface area contributed by atoms with Crippen molar-refractivity contribution < 1.29 is 4.57 Å². The third-order valence-corrected chi connectivity index (χ3v) is 5.99. The minimum Gasteiger partial charge on any atom is -0.332 e. The number of rotatable bonds is 8. The molecule has 0 spiro atoms. The summed E-state index contributed by atoms with van der Waals surface area (Å²) < 4.78 is 7.01. The number of benzene rings is 1. The Labute approximate surface area is 163 Å². The minimum absolute atomic E-state index is 0.430. The van der Waals surface area contributed by atoms with Crippen molar-refractivity contribution in [1.29, 1.82) is 0 Å². The zero-order valence-electron chi connectivity index (χ0n) is 17.3. The van der Waals surface area contributed by atoms with Crippen molar-refractivity contribution in [1.82, 2.24) is 14.1 Å². The molecule has 0 radical (unpaired) electrons. The second-order valence-corrected chi connectivity index (χ2v) is 7.74. The minimum atomic E-state index is 0.430. The third-order valence-electron chi connectivity index (χ3n) is 5.99. The van der Waals surface area contributed by atoms with E-state index in [0.29, 0.717) is 18.0 Å². The van der Waals surface area contributed by atoms with Crippen LogP contribution in [0.25, 0.3) is 0 Å². The first kappa shape index (κ1) is 19.4. The van der Waals surface area contributed by atoms with Crippen molar-refractivity contribution >= 4 is 0 Å². The molecule has 2 aromatic heterocycles. The van der Waals surface area contributed by atoms with Gasteiger partial charge >= 0.3 is 0 Å². The smallest absolute Gasteiger partial charge is 0.253 e. The van der Waals surface area contributed by atoms with Crippen molar-refractivity contribution in [3.8, 4) is 0 Å². The lowest BCUT2D eigenvalue weighted by atomic mass is 9.90. The zero-order chi connectivity index (χ0) is 19.4. The Morgan fingerprint density at radius 3 is 2.30 bits per heavy atom. The Bertz CT molecular complexity index is 846. The largest absolute Gasteiger partial charge is 0.332 e. The molecule has 0 N–H and O–H groups in total. The quantitative estimate of drug-likeness (QED) is 0.521. The second kappa shape index (κ2) is 8.55. The van der Waals surface area contributed by atoms with Crippen LogP contribution < -0.4 is 4.57 Å². The number of imidazole rings is 2. The van der Waals surface area contributed by atoms with E-state index >= 15 is 0 Å². The molecule has 0 aliphatic heterocycles. The standard InChI is InChI=1S/C23H33N4/c1-6-22(27-15-14-25(5)20(27)4)17-23(26-13-12-24-19(26)3)16-18(2)21-10-8-7-9-11-21/h7-15,18,22-23H,6,16-17H2,1-5H3/q+1. The van der Waals surface area contributed by atoms with E-state index in [-0.39, 0.29) is 0 Å². The van der Waals surface area contributed by atoms with Crippen LogP contribution >= 0.6 is 0 Å². The van der Waals surface area contributed by atoms with Gasteiger partial charge in [-0.25, -0.2) is 14.1 Å². The highest BCUT2D eigenvalue weighted by atomic mass is 15.2. The van der Waals surface area contributed by atoms with Crippen LogP contribution in [0.4, 0.5) is 0 Å². The maximum absolute atomic E-state index is 4.50. The van der Waals surface area contributed by atoms with E-state index < -0.39 is 0 Å².